The van der Waals surface area contributed by atoms with Gasteiger partial charge in [0.25, 0.3) is 0 Å². The highest BCUT2D eigenvalue weighted by atomic mass is 32.2. The van der Waals surface area contributed by atoms with Crippen LogP contribution in [0.4, 0.5) is 0 Å². The van der Waals surface area contributed by atoms with Crippen molar-refractivity contribution in [3.8, 4) is 0 Å². The number of fused-ring (bicyclic) bond motifs is 1. The summed E-state index contributed by atoms with van der Waals surface area (Å²) >= 11 is 0. The zero-order chi connectivity index (χ0) is 14.8. The Morgan fingerprint density at radius 2 is 1.85 bits per heavy atom. The largest absolute Gasteiger partial charge is 0.387 e. The first-order valence-electron chi connectivity index (χ1n) is 6.27. The fourth-order valence-corrected chi connectivity index (χ4v) is 3.76. The maximum Gasteiger partial charge on any atom is 0.244 e. The molecule has 0 bridgehead atoms. The van der Waals surface area contributed by atoms with Crippen LogP contribution in [0, 0.1) is 5.41 Å². The topological polar surface area (TPSA) is 87.2 Å². The summed E-state index contributed by atoms with van der Waals surface area (Å²) in [5.41, 5.74) is 5.33. The van der Waals surface area contributed by atoms with Crippen molar-refractivity contribution in [3.05, 3.63) is 42.5 Å². The molecule has 0 atom stereocenters. The molecule has 2 aromatic carbocycles. The lowest BCUT2D eigenvalue weighted by Crippen LogP contribution is -2.38. The minimum atomic E-state index is -3.66. The summed E-state index contributed by atoms with van der Waals surface area (Å²) in [6.45, 7) is 1.90. The fourth-order valence-electron chi connectivity index (χ4n) is 2.12. The Morgan fingerprint density at radius 3 is 2.50 bits per heavy atom. The van der Waals surface area contributed by atoms with Crippen LogP contribution in [0.3, 0.4) is 0 Å². The van der Waals surface area contributed by atoms with Gasteiger partial charge in [0.2, 0.25) is 10.0 Å². The van der Waals surface area contributed by atoms with Gasteiger partial charge in [0, 0.05) is 11.9 Å². The van der Waals surface area contributed by atoms with Crippen molar-refractivity contribution in [2.24, 2.45) is 5.73 Å². The minimum absolute atomic E-state index is 0.0952. The van der Waals surface area contributed by atoms with E-state index in [4.69, 9.17) is 11.1 Å². The Labute approximate surface area is 118 Å². The standard InChI is InChI=1S/C14H17N3O2S/c1-2-17(10-14(15)16)20(18,19)13-9-5-7-11-6-3-4-8-12(11)13/h3-9H,2,10H2,1H3,(H3,15,16). The molecule has 0 saturated heterocycles. The highest BCUT2D eigenvalue weighted by Crippen LogP contribution is 2.25. The van der Waals surface area contributed by atoms with E-state index in [1.165, 1.54) is 4.31 Å². The molecule has 2 aromatic rings. The zero-order valence-corrected chi connectivity index (χ0v) is 12.0. The number of hydrogen-bond donors (Lipinski definition) is 2. The molecule has 0 aliphatic carbocycles. The average Bonchev–Trinajstić information content (AvgIpc) is 2.43. The van der Waals surface area contributed by atoms with Crippen LogP contribution in [0.2, 0.25) is 0 Å². The summed E-state index contributed by atoms with van der Waals surface area (Å²) in [4.78, 5) is 0.249. The first-order chi connectivity index (χ1) is 9.46. The molecule has 0 amide bonds. The predicted octanol–water partition coefficient (Wildman–Crippen LogP) is 1.79. The molecule has 2 rings (SSSR count). The average molecular weight is 291 g/mol. The van der Waals surface area contributed by atoms with Crippen LogP contribution in [0.1, 0.15) is 6.92 Å². The first-order valence-corrected chi connectivity index (χ1v) is 7.71. The van der Waals surface area contributed by atoms with E-state index in [-0.39, 0.29) is 23.8 Å². The van der Waals surface area contributed by atoms with E-state index in [0.29, 0.717) is 5.39 Å². The second kappa shape index (κ2) is 5.60. The second-order valence-electron chi connectivity index (χ2n) is 4.43. The highest BCUT2D eigenvalue weighted by Gasteiger charge is 2.25. The molecular formula is C14H17N3O2S. The molecule has 0 saturated carbocycles. The van der Waals surface area contributed by atoms with Crippen LogP contribution < -0.4 is 5.73 Å². The van der Waals surface area contributed by atoms with Crippen molar-refractivity contribution >= 4 is 26.6 Å². The molecule has 0 heterocycles. The summed E-state index contributed by atoms with van der Waals surface area (Å²) < 4.78 is 26.6. The van der Waals surface area contributed by atoms with E-state index in [1.54, 1.807) is 25.1 Å². The summed E-state index contributed by atoms with van der Waals surface area (Å²) in [6.07, 6.45) is 0. The molecule has 5 nitrogen and oxygen atoms in total. The van der Waals surface area contributed by atoms with Gasteiger partial charge in [0.05, 0.1) is 11.4 Å². The number of benzene rings is 2. The van der Waals surface area contributed by atoms with Gasteiger partial charge in [-0.1, -0.05) is 43.3 Å². The summed E-state index contributed by atoms with van der Waals surface area (Å²) in [6, 6.07) is 12.5. The number of nitrogens with one attached hydrogen (secondary N) is 1. The fraction of sp³-hybridized carbons (Fsp3) is 0.214. The third-order valence-electron chi connectivity index (χ3n) is 3.07. The van der Waals surface area contributed by atoms with Gasteiger partial charge in [-0.2, -0.15) is 4.31 Å². The molecule has 0 fully saturated rings. The van der Waals surface area contributed by atoms with E-state index in [9.17, 15) is 8.42 Å². The van der Waals surface area contributed by atoms with Crippen LogP contribution in [0.5, 0.6) is 0 Å². The lowest BCUT2D eigenvalue weighted by atomic mass is 10.1. The Balaban J connectivity index is 2.59. The van der Waals surface area contributed by atoms with Crippen LogP contribution in [-0.2, 0) is 10.0 Å². The van der Waals surface area contributed by atoms with E-state index < -0.39 is 10.0 Å². The van der Waals surface area contributed by atoms with Crippen molar-refractivity contribution in [1.29, 1.82) is 5.41 Å². The van der Waals surface area contributed by atoms with E-state index >= 15 is 0 Å². The van der Waals surface area contributed by atoms with Crippen LogP contribution in [-0.4, -0.2) is 31.6 Å². The van der Waals surface area contributed by atoms with Gasteiger partial charge < -0.3 is 5.73 Å². The quantitative estimate of drug-likeness (QED) is 0.650. The molecule has 0 aliphatic rings. The van der Waals surface area contributed by atoms with E-state index in [0.717, 1.165) is 5.39 Å². The number of nitrogens with zero attached hydrogens (tertiary/aromatic N) is 1. The lowest BCUT2D eigenvalue weighted by molar-refractivity contribution is 0.466. The molecule has 0 unspecified atom stereocenters. The Hall–Kier alpha value is -1.92. The van der Waals surface area contributed by atoms with Gasteiger partial charge in [0.15, 0.2) is 0 Å². The molecule has 20 heavy (non-hydrogen) atoms. The summed E-state index contributed by atoms with van der Waals surface area (Å²) in [5, 5.41) is 8.85. The van der Waals surface area contributed by atoms with Gasteiger partial charge in [0.1, 0.15) is 5.84 Å². The Kier molecular flexibility index (Phi) is 4.06. The Bertz CT molecular complexity index is 736. The van der Waals surface area contributed by atoms with Crippen molar-refractivity contribution in [2.45, 2.75) is 11.8 Å². The molecule has 106 valence electrons. The number of sulfonamides is 1. The van der Waals surface area contributed by atoms with Crippen molar-refractivity contribution < 1.29 is 8.42 Å². The second-order valence-corrected chi connectivity index (χ2v) is 6.34. The van der Waals surface area contributed by atoms with Crippen LogP contribution in [0.25, 0.3) is 10.8 Å². The monoisotopic (exact) mass is 291 g/mol. The zero-order valence-electron chi connectivity index (χ0n) is 11.2. The van der Waals surface area contributed by atoms with E-state index in [1.807, 2.05) is 24.3 Å². The number of amidine groups is 1. The minimum Gasteiger partial charge on any atom is -0.387 e. The highest BCUT2D eigenvalue weighted by molar-refractivity contribution is 7.89. The summed E-state index contributed by atoms with van der Waals surface area (Å²) in [7, 11) is -3.66. The molecule has 3 N–H and O–H groups in total. The van der Waals surface area contributed by atoms with Gasteiger partial charge in [-0.15, -0.1) is 0 Å². The molecule has 0 radical (unpaired) electrons. The smallest absolute Gasteiger partial charge is 0.244 e. The summed E-state index contributed by atoms with van der Waals surface area (Å²) in [5.74, 6) is -0.171. The Morgan fingerprint density at radius 1 is 1.20 bits per heavy atom. The third-order valence-corrected chi connectivity index (χ3v) is 5.05. The van der Waals surface area contributed by atoms with Crippen LogP contribution >= 0.6 is 0 Å². The SMILES string of the molecule is CCN(CC(=N)N)S(=O)(=O)c1cccc2ccccc12. The van der Waals surface area contributed by atoms with Crippen molar-refractivity contribution in [3.63, 3.8) is 0 Å². The third kappa shape index (κ3) is 2.66. The molecule has 0 aliphatic heterocycles. The normalized spacial score (nSPS) is 11.9. The molecular weight excluding hydrogens is 274 g/mol. The number of rotatable bonds is 5. The lowest BCUT2D eigenvalue weighted by Gasteiger charge is -2.20. The predicted molar refractivity (Wildman–Crippen MR) is 80.3 cm³/mol. The van der Waals surface area contributed by atoms with Gasteiger partial charge >= 0.3 is 0 Å². The van der Waals surface area contributed by atoms with Crippen molar-refractivity contribution in [2.75, 3.05) is 13.1 Å². The molecule has 0 aromatic heterocycles. The first kappa shape index (κ1) is 14.5. The van der Waals surface area contributed by atoms with Gasteiger partial charge in [-0.3, -0.25) is 5.41 Å². The van der Waals surface area contributed by atoms with Gasteiger partial charge in [-0.25, -0.2) is 8.42 Å². The number of hydrogen-bond acceptors (Lipinski definition) is 3. The van der Waals surface area contributed by atoms with Crippen molar-refractivity contribution in [1.82, 2.24) is 4.31 Å². The van der Waals surface area contributed by atoms with Crippen LogP contribution in [0.15, 0.2) is 47.4 Å². The molecule has 0 spiro atoms. The number of likely N-dealkylation sites (N-methyl/N-ethyl adjacent to an activating group) is 1. The maximum absolute atomic E-state index is 12.7. The number of nitrogens with two attached hydrogens (primary N) is 1. The molecule has 6 heteroatoms. The maximum atomic E-state index is 12.7. The van der Waals surface area contributed by atoms with Gasteiger partial charge in [-0.05, 0) is 11.5 Å². The van der Waals surface area contributed by atoms with E-state index in [2.05, 4.69) is 0 Å².